The number of benzene rings is 2. The Hall–Kier alpha value is -4.38. The van der Waals surface area contributed by atoms with Crippen LogP contribution < -0.4 is 31.5 Å². The van der Waals surface area contributed by atoms with Gasteiger partial charge in [-0.25, -0.2) is 28.3 Å². The van der Waals surface area contributed by atoms with Gasteiger partial charge in [0.05, 0.1) is 12.2 Å². The van der Waals surface area contributed by atoms with Crippen molar-refractivity contribution in [3.63, 3.8) is 0 Å². The van der Waals surface area contributed by atoms with Crippen LogP contribution in [0.4, 0.5) is 4.79 Å². The summed E-state index contributed by atoms with van der Waals surface area (Å²) < 4.78 is 15.8. The zero-order valence-corrected chi connectivity index (χ0v) is 21.9. The van der Waals surface area contributed by atoms with Crippen molar-refractivity contribution >= 4 is 11.9 Å². The van der Waals surface area contributed by atoms with Gasteiger partial charge in [0.2, 0.25) is 0 Å². The van der Waals surface area contributed by atoms with Crippen molar-refractivity contribution < 1.29 is 19.1 Å². The number of carbonyl (C=O) groups is 2. The number of amides is 1. The highest BCUT2D eigenvalue weighted by Crippen LogP contribution is 2.47. The van der Waals surface area contributed by atoms with E-state index in [1.165, 1.54) is 16.3 Å². The lowest BCUT2D eigenvalue weighted by atomic mass is 9.83. The Balaban J connectivity index is 1.39. The van der Waals surface area contributed by atoms with E-state index in [4.69, 9.17) is 9.47 Å². The fourth-order valence-electron chi connectivity index (χ4n) is 5.59. The van der Waals surface area contributed by atoms with Gasteiger partial charge in [-0.15, -0.1) is 0 Å². The molecule has 3 aromatic rings. The lowest BCUT2D eigenvalue weighted by molar-refractivity contribution is 0.101. The van der Waals surface area contributed by atoms with E-state index in [1.807, 2.05) is 19.9 Å². The Morgan fingerprint density at radius 1 is 1.10 bits per heavy atom. The number of nitrogens with one attached hydrogen (secondary N) is 2. The first-order chi connectivity index (χ1) is 18.6. The van der Waals surface area contributed by atoms with Crippen LogP contribution in [0.15, 0.2) is 63.7 Å². The highest BCUT2D eigenvalue weighted by Gasteiger charge is 2.44. The number of allylic oxidation sites excluding steroid dienone is 1. The lowest BCUT2D eigenvalue weighted by Gasteiger charge is -2.42. The molecule has 11 nitrogen and oxygen atoms in total. The number of aromatic nitrogens is 3. The average Bonchev–Trinajstić information content (AvgIpc) is 3.49. The van der Waals surface area contributed by atoms with Gasteiger partial charge in [0.1, 0.15) is 23.1 Å². The second kappa shape index (κ2) is 9.12. The van der Waals surface area contributed by atoms with Crippen molar-refractivity contribution in [2.45, 2.75) is 51.4 Å². The van der Waals surface area contributed by atoms with Gasteiger partial charge >= 0.3 is 17.5 Å². The highest BCUT2D eigenvalue weighted by molar-refractivity contribution is 5.94. The third kappa shape index (κ3) is 4.19. The lowest BCUT2D eigenvalue weighted by Crippen LogP contribution is -2.46. The summed E-state index contributed by atoms with van der Waals surface area (Å²) in [6, 6.07) is 10.9. The zero-order chi connectivity index (χ0) is 27.5. The molecule has 11 heteroatoms. The quantitative estimate of drug-likeness (QED) is 0.390. The maximum absolute atomic E-state index is 13.8. The molecule has 39 heavy (non-hydrogen) atoms. The van der Waals surface area contributed by atoms with Gasteiger partial charge in [-0.1, -0.05) is 6.08 Å². The summed E-state index contributed by atoms with van der Waals surface area (Å²) in [5, 5.41) is 6.04. The van der Waals surface area contributed by atoms with Gasteiger partial charge in [-0.2, -0.15) is 0 Å². The Kier molecular flexibility index (Phi) is 5.83. The molecule has 1 aromatic heterocycles. The molecule has 1 fully saturated rings. The maximum Gasteiger partial charge on any atom is 0.412 e. The molecule has 0 saturated carbocycles. The highest BCUT2D eigenvalue weighted by atomic mass is 16.6. The molecule has 2 atom stereocenters. The van der Waals surface area contributed by atoms with Crippen LogP contribution in [-0.2, 0) is 6.54 Å². The van der Waals surface area contributed by atoms with Crippen LogP contribution >= 0.6 is 0 Å². The van der Waals surface area contributed by atoms with Crippen LogP contribution in [0.5, 0.6) is 11.5 Å². The number of carbonyl (C=O) groups excluding carboxylic acids is 2. The monoisotopic (exact) mass is 531 g/mol. The second-order valence-electron chi connectivity index (χ2n) is 10.5. The third-order valence-corrected chi connectivity index (χ3v) is 7.55. The van der Waals surface area contributed by atoms with Crippen LogP contribution in [0.2, 0.25) is 0 Å². The van der Waals surface area contributed by atoms with E-state index < -0.39 is 29.1 Å². The fourth-order valence-corrected chi connectivity index (χ4v) is 5.59. The van der Waals surface area contributed by atoms with Crippen LogP contribution in [0.3, 0.4) is 0 Å². The minimum Gasteiger partial charge on any atom is -0.483 e. The molecule has 3 aliphatic heterocycles. The molecule has 6 rings (SSSR count). The van der Waals surface area contributed by atoms with E-state index in [-0.39, 0.29) is 18.4 Å². The van der Waals surface area contributed by atoms with E-state index in [2.05, 4.69) is 10.6 Å². The Labute approximate surface area is 223 Å². The fraction of sp³-hybridized carbons (Fsp3) is 0.357. The summed E-state index contributed by atoms with van der Waals surface area (Å²) in [4.78, 5) is 51.3. The average molecular weight is 532 g/mol. The van der Waals surface area contributed by atoms with Crippen molar-refractivity contribution in [1.82, 2.24) is 24.6 Å². The number of hydrogen-bond acceptors (Lipinski definition) is 7. The molecule has 0 bridgehead atoms. The summed E-state index contributed by atoms with van der Waals surface area (Å²) >= 11 is 0. The Morgan fingerprint density at radius 2 is 1.87 bits per heavy atom. The molecular formula is C28H29N5O6. The van der Waals surface area contributed by atoms with Gasteiger partial charge in [-0.3, -0.25) is 4.79 Å². The van der Waals surface area contributed by atoms with Crippen LogP contribution in [0.25, 0.3) is 5.69 Å². The number of fused-ring (bicyclic) bond motifs is 5. The van der Waals surface area contributed by atoms with Crippen molar-refractivity contribution in [2.24, 2.45) is 0 Å². The summed E-state index contributed by atoms with van der Waals surface area (Å²) in [5.41, 5.74) is 0.625. The van der Waals surface area contributed by atoms with Gasteiger partial charge in [0.25, 0.3) is 0 Å². The van der Waals surface area contributed by atoms with Crippen LogP contribution in [0, 0.1) is 0 Å². The summed E-state index contributed by atoms with van der Waals surface area (Å²) in [6.45, 7) is 7.01. The topological polar surface area (TPSA) is 126 Å². The van der Waals surface area contributed by atoms with E-state index in [9.17, 15) is 19.2 Å². The first kappa shape index (κ1) is 24.9. The molecule has 1 saturated heterocycles. The van der Waals surface area contributed by atoms with Crippen LogP contribution in [0.1, 0.15) is 49.2 Å². The molecular weight excluding hydrogens is 502 g/mol. The van der Waals surface area contributed by atoms with Gasteiger partial charge in [0, 0.05) is 29.8 Å². The summed E-state index contributed by atoms with van der Waals surface area (Å²) in [7, 11) is 0. The van der Waals surface area contributed by atoms with Crippen molar-refractivity contribution in [3.8, 4) is 17.2 Å². The largest absolute Gasteiger partial charge is 0.483 e. The molecule has 1 amide bonds. The molecule has 0 spiro atoms. The van der Waals surface area contributed by atoms with E-state index in [0.717, 1.165) is 23.1 Å². The molecule has 2 N–H and O–H groups in total. The first-order valence-corrected chi connectivity index (χ1v) is 12.9. The van der Waals surface area contributed by atoms with Crippen molar-refractivity contribution in [1.29, 1.82) is 0 Å². The molecule has 202 valence electrons. The van der Waals surface area contributed by atoms with Crippen molar-refractivity contribution in [3.05, 3.63) is 86.2 Å². The minimum atomic E-state index is -0.792. The molecule has 2 unspecified atom stereocenters. The Morgan fingerprint density at radius 3 is 2.56 bits per heavy atom. The normalized spacial score (nSPS) is 20.6. The van der Waals surface area contributed by atoms with E-state index in [0.29, 0.717) is 34.9 Å². The number of Topliss-reactive ketones (excluding diaryl/α,β-unsaturated/α-hetero) is 1. The van der Waals surface area contributed by atoms with E-state index >= 15 is 0 Å². The van der Waals surface area contributed by atoms with Gasteiger partial charge < -0.3 is 20.1 Å². The number of ketones is 1. The predicted octanol–water partition coefficient (Wildman–Crippen LogP) is 2.15. The zero-order valence-electron chi connectivity index (χ0n) is 21.9. The molecule has 0 radical (unpaired) electrons. The molecule has 3 aliphatic rings. The van der Waals surface area contributed by atoms with Crippen LogP contribution in [-0.4, -0.2) is 50.5 Å². The third-order valence-electron chi connectivity index (χ3n) is 7.55. The van der Waals surface area contributed by atoms with Gasteiger partial charge in [-0.05, 0) is 75.7 Å². The first-order valence-electron chi connectivity index (χ1n) is 12.9. The smallest absolute Gasteiger partial charge is 0.412 e. The maximum atomic E-state index is 13.8. The van der Waals surface area contributed by atoms with Crippen molar-refractivity contribution in [2.75, 3.05) is 13.1 Å². The standard InChI is InChI=1S/C28H29N5O6/c1-16(34)17-4-6-19(7-5-17)32-26(36)31-13-11-22-24(33(31)27(32)37)21-9-8-20(14-23(21)39-28(22,2)3)38-25(35)30-18-10-12-29-15-18/h4-9,11,14,18,24,29H,10,12-13,15H2,1-3H3,(H,30,35). The SMILES string of the molecule is CC(=O)c1ccc(-n2c(=O)n3n(c2=O)C2C(=CC3)C(C)(C)Oc3cc(OC(=O)NC4CCNC4)ccc32)cc1. The molecule has 4 heterocycles. The van der Waals surface area contributed by atoms with Gasteiger partial charge in [0.15, 0.2) is 5.78 Å². The molecule has 2 aromatic carbocycles. The summed E-state index contributed by atoms with van der Waals surface area (Å²) in [6.07, 6.45) is 2.21. The second-order valence-corrected chi connectivity index (χ2v) is 10.5. The number of nitrogens with zero attached hydrogens (tertiary/aromatic N) is 3. The number of rotatable bonds is 4. The van der Waals surface area contributed by atoms with E-state index in [1.54, 1.807) is 42.5 Å². The number of ether oxygens (including phenoxy) is 2. The summed E-state index contributed by atoms with van der Waals surface area (Å²) in [5.74, 6) is 0.665. The predicted molar refractivity (Wildman–Crippen MR) is 142 cm³/mol. The number of hydrogen-bond donors (Lipinski definition) is 2. The minimum absolute atomic E-state index is 0.0200. The molecule has 0 aliphatic carbocycles. The Bertz CT molecular complexity index is 1640.